The van der Waals surface area contributed by atoms with E-state index in [1.165, 1.54) is 7.11 Å². The Labute approximate surface area is 105 Å². The molecule has 2 N–H and O–H groups in total. The van der Waals surface area contributed by atoms with E-state index in [0.717, 1.165) is 11.1 Å². The summed E-state index contributed by atoms with van der Waals surface area (Å²) >= 11 is 0. The SMILES string of the molecule is COC(=O)C(C)n1cc(-c2cccc(N)c2)cn1. The minimum atomic E-state index is -0.440. The molecule has 1 aromatic heterocycles. The normalized spacial score (nSPS) is 12.1. The van der Waals surface area contributed by atoms with E-state index in [9.17, 15) is 4.79 Å². The van der Waals surface area contributed by atoms with Gasteiger partial charge in [0.15, 0.2) is 0 Å². The molecule has 5 nitrogen and oxygen atoms in total. The molecule has 0 aliphatic carbocycles. The van der Waals surface area contributed by atoms with Gasteiger partial charge in [-0.25, -0.2) is 4.79 Å². The van der Waals surface area contributed by atoms with Gasteiger partial charge in [0.1, 0.15) is 6.04 Å². The number of benzene rings is 1. The predicted octanol–water partition coefficient (Wildman–Crippen LogP) is 1.87. The summed E-state index contributed by atoms with van der Waals surface area (Å²) in [5, 5.41) is 4.17. The first kappa shape index (κ1) is 12.2. The second-order valence-electron chi connectivity index (χ2n) is 4.03. The van der Waals surface area contributed by atoms with Crippen molar-refractivity contribution in [1.29, 1.82) is 0 Å². The van der Waals surface area contributed by atoms with Crippen LogP contribution in [0.1, 0.15) is 13.0 Å². The van der Waals surface area contributed by atoms with Crippen LogP contribution >= 0.6 is 0 Å². The number of rotatable bonds is 3. The smallest absolute Gasteiger partial charge is 0.330 e. The van der Waals surface area contributed by atoms with Gasteiger partial charge in [-0.15, -0.1) is 0 Å². The summed E-state index contributed by atoms with van der Waals surface area (Å²) in [7, 11) is 1.36. The van der Waals surface area contributed by atoms with Crippen LogP contribution in [0.3, 0.4) is 0 Å². The van der Waals surface area contributed by atoms with Crippen LogP contribution in [0.2, 0.25) is 0 Å². The largest absolute Gasteiger partial charge is 0.467 e. The number of aromatic nitrogens is 2. The third-order valence-electron chi connectivity index (χ3n) is 2.76. The van der Waals surface area contributed by atoms with Crippen molar-refractivity contribution in [1.82, 2.24) is 9.78 Å². The van der Waals surface area contributed by atoms with Crippen LogP contribution in [-0.2, 0) is 9.53 Å². The summed E-state index contributed by atoms with van der Waals surface area (Å²) in [6, 6.07) is 7.08. The molecule has 0 radical (unpaired) electrons. The van der Waals surface area contributed by atoms with Gasteiger partial charge in [0.05, 0.1) is 13.3 Å². The molecule has 0 fully saturated rings. The molecule has 5 heteroatoms. The Morgan fingerprint density at radius 3 is 2.89 bits per heavy atom. The topological polar surface area (TPSA) is 70.1 Å². The zero-order valence-corrected chi connectivity index (χ0v) is 10.3. The molecule has 1 unspecified atom stereocenters. The van der Waals surface area contributed by atoms with Gasteiger partial charge in [-0.05, 0) is 24.6 Å². The van der Waals surface area contributed by atoms with Gasteiger partial charge in [0.2, 0.25) is 0 Å². The van der Waals surface area contributed by atoms with E-state index >= 15 is 0 Å². The molecule has 0 saturated heterocycles. The zero-order chi connectivity index (χ0) is 13.1. The fraction of sp³-hybridized carbons (Fsp3) is 0.231. The van der Waals surface area contributed by atoms with Crippen LogP contribution in [0.15, 0.2) is 36.7 Å². The van der Waals surface area contributed by atoms with Gasteiger partial charge in [-0.1, -0.05) is 12.1 Å². The number of nitrogens with two attached hydrogens (primary N) is 1. The first-order chi connectivity index (χ1) is 8.61. The molecule has 0 saturated carbocycles. The first-order valence-electron chi connectivity index (χ1n) is 5.59. The van der Waals surface area contributed by atoms with Crippen molar-refractivity contribution in [2.24, 2.45) is 0 Å². The molecule has 1 aromatic carbocycles. The Kier molecular flexibility index (Phi) is 3.32. The van der Waals surface area contributed by atoms with Crippen LogP contribution in [0.25, 0.3) is 11.1 Å². The van der Waals surface area contributed by atoms with Gasteiger partial charge in [-0.3, -0.25) is 4.68 Å². The second-order valence-corrected chi connectivity index (χ2v) is 4.03. The maximum Gasteiger partial charge on any atom is 0.330 e. The van der Waals surface area contributed by atoms with Crippen LogP contribution < -0.4 is 5.73 Å². The lowest BCUT2D eigenvalue weighted by Gasteiger charge is -2.08. The van der Waals surface area contributed by atoms with Gasteiger partial charge in [0, 0.05) is 17.4 Å². The standard InChI is InChI=1S/C13H15N3O2/c1-9(13(17)18-2)16-8-11(7-15-16)10-4-3-5-12(14)6-10/h3-9H,14H2,1-2H3. The summed E-state index contributed by atoms with van der Waals surface area (Å²) in [4.78, 5) is 11.4. The molecular formula is C13H15N3O2. The van der Waals surface area contributed by atoms with Crippen molar-refractivity contribution in [2.45, 2.75) is 13.0 Å². The summed E-state index contributed by atoms with van der Waals surface area (Å²) < 4.78 is 6.25. The predicted molar refractivity (Wildman–Crippen MR) is 68.8 cm³/mol. The van der Waals surface area contributed by atoms with E-state index in [2.05, 4.69) is 9.84 Å². The Morgan fingerprint density at radius 2 is 2.22 bits per heavy atom. The Bertz CT molecular complexity index is 563. The lowest BCUT2D eigenvalue weighted by atomic mass is 10.1. The van der Waals surface area contributed by atoms with Gasteiger partial charge in [0.25, 0.3) is 0 Å². The highest BCUT2D eigenvalue weighted by atomic mass is 16.5. The number of hydrogen-bond donors (Lipinski definition) is 1. The second kappa shape index (κ2) is 4.91. The highest BCUT2D eigenvalue weighted by Crippen LogP contribution is 2.22. The number of anilines is 1. The number of ether oxygens (including phenoxy) is 1. The Morgan fingerprint density at radius 1 is 1.44 bits per heavy atom. The fourth-order valence-corrected chi connectivity index (χ4v) is 1.70. The van der Waals surface area contributed by atoms with Gasteiger partial charge in [-0.2, -0.15) is 5.10 Å². The third-order valence-corrected chi connectivity index (χ3v) is 2.76. The highest BCUT2D eigenvalue weighted by molar-refractivity contribution is 5.74. The maximum absolute atomic E-state index is 11.4. The van der Waals surface area contributed by atoms with Crippen molar-refractivity contribution >= 4 is 11.7 Å². The molecule has 94 valence electrons. The molecule has 18 heavy (non-hydrogen) atoms. The lowest BCUT2D eigenvalue weighted by Crippen LogP contribution is -2.17. The van der Waals surface area contributed by atoms with E-state index < -0.39 is 6.04 Å². The average Bonchev–Trinajstić information content (AvgIpc) is 2.86. The number of nitrogen functional groups attached to an aromatic ring is 1. The quantitative estimate of drug-likeness (QED) is 0.662. The average molecular weight is 245 g/mol. The number of methoxy groups -OCH3 is 1. The summed E-state index contributed by atoms with van der Waals surface area (Å²) in [5.74, 6) is -0.322. The molecule has 1 heterocycles. The third kappa shape index (κ3) is 2.34. The van der Waals surface area contributed by atoms with Crippen LogP contribution in [0, 0.1) is 0 Å². The molecule has 0 aliphatic rings. The zero-order valence-electron chi connectivity index (χ0n) is 10.3. The van der Waals surface area contributed by atoms with Crippen molar-refractivity contribution < 1.29 is 9.53 Å². The minimum Gasteiger partial charge on any atom is -0.467 e. The highest BCUT2D eigenvalue weighted by Gasteiger charge is 2.16. The van der Waals surface area contributed by atoms with Crippen molar-refractivity contribution in [3.05, 3.63) is 36.7 Å². The molecule has 0 bridgehead atoms. The number of carbonyl (C=O) groups excluding carboxylic acids is 1. The van der Waals surface area contributed by atoms with Crippen molar-refractivity contribution in [3.63, 3.8) is 0 Å². The van der Waals surface area contributed by atoms with Gasteiger partial charge < -0.3 is 10.5 Å². The van der Waals surface area contributed by atoms with Crippen molar-refractivity contribution in [3.8, 4) is 11.1 Å². The molecular weight excluding hydrogens is 230 g/mol. The number of esters is 1. The van der Waals surface area contributed by atoms with Gasteiger partial charge >= 0.3 is 5.97 Å². The molecule has 1 atom stereocenters. The van der Waals surface area contributed by atoms with Crippen LogP contribution in [0.4, 0.5) is 5.69 Å². The van der Waals surface area contributed by atoms with Crippen LogP contribution in [-0.4, -0.2) is 22.9 Å². The van der Waals surface area contributed by atoms with Crippen LogP contribution in [0.5, 0.6) is 0 Å². The fourth-order valence-electron chi connectivity index (χ4n) is 1.70. The van der Waals surface area contributed by atoms with Crippen molar-refractivity contribution in [2.75, 3.05) is 12.8 Å². The summed E-state index contributed by atoms with van der Waals surface area (Å²) in [5.41, 5.74) is 8.31. The molecule has 2 rings (SSSR count). The maximum atomic E-state index is 11.4. The molecule has 0 spiro atoms. The van der Waals surface area contributed by atoms with E-state index in [1.807, 2.05) is 24.3 Å². The molecule has 0 amide bonds. The number of carbonyl (C=O) groups is 1. The minimum absolute atomic E-state index is 0.322. The molecule has 2 aromatic rings. The Balaban J connectivity index is 2.28. The van der Waals surface area contributed by atoms with E-state index in [4.69, 9.17) is 5.73 Å². The number of hydrogen-bond acceptors (Lipinski definition) is 4. The molecule has 0 aliphatic heterocycles. The summed E-state index contributed by atoms with van der Waals surface area (Å²) in [6.45, 7) is 1.74. The van der Waals surface area contributed by atoms with E-state index in [0.29, 0.717) is 5.69 Å². The van der Waals surface area contributed by atoms with E-state index in [-0.39, 0.29) is 5.97 Å². The monoisotopic (exact) mass is 245 g/mol. The van der Waals surface area contributed by atoms with E-state index in [1.54, 1.807) is 24.0 Å². The first-order valence-corrected chi connectivity index (χ1v) is 5.59. The summed E-state index contributed by atoms with van der Waals surface area (Å²) in [6.07, 6.45) is 3.50. The lowest BCUT2D eigenvalue weighted by molar-refractivity contribution is -0.144. The number of nitrogens with zero attached hydrogens (tertiary/aromatic N) is 2. The Hall–Kier alpha value is -2.30.